The van der Waals surface area contributed by atoms with Gasteiger partial charge in [-0.25, -0.2) is 4.39 Å². The second-order valence-electron chi connectivity index (χ2n) is 3.98. The van der Waals surface area contributed by atoms with Crippen molar-refractivity contribution in [3.63, 3.8) is 0 Å². The van der Waals surface area contributed by atoms with Crippen LogP contribution in [0.5, 0.6) is 0 Å². The highest BCUT2D eigenvalue weighted by atomic mass is 19.1. The Morgan fingerprint density at radius 1 is 1.22 bits per heavy atom. The second kappa shape index (κ2) is 4.76. The van der Waals surface area contributed by atoms with Crippen molar-refractivity contribution in [2.24, 2.45) is 0 Å². The lowest BCUT2D eigenvalue weighted by Crippen LogP contribution is -1.98. The summed E-state index contributed by atoms with van der Waals surface area (Å²) < 4.78 is 13.8. The standard InChI is InChI=1S/C14H12FN3/c1-9-3-2-4-13(14(9)15)18-12-6-5-11(17)7-10(12)8-16/h2-7,18H,17H2,1H3. The summed E-state index contributed by atoms with van der Waals surface area (Å²) in [4.78, 5) is 0. The van der Waals surface area contributed by atoms with E-state index in [1.54, 1.807) is 43.3 Å². The highest BCUT2D eigenvalue weighted by Gasteiger charge is 2.07. The van der Waals surface area contributed by atoms with Crippen LogP contribution >= 0.6 is 0 Å². The van der Waals surface area contributed by atoms with E-state index >= 15 is 0 Å². The summed E-state index contributed by atoms with van der Waals surface area (Å²) >= 11 is 0. The molecule has 2 rings (SSSR count). The Balaban J connectivity index is 2.41. The molecule has 0 spiro atoms. The van der Waals surface area contributed by atoms with Crippen LogP contribution in [0, 0.1) is 24.1 Å². The van der Waals surface area contributed by atoms with Crippen molar-refractivity contribution in [2.75, 3.05) is 11.1 Å². The molecule has 0 aromatic heterocycles. The Bertz CT molecular complexity index is 629. The highest BCUT2D eigenvalue weighted by molar-refractivity contribution is 5.69. The largest absolute Gasteiger partial charge is 0.399 e. The molecule has 4 heteroatoms. The van der Waals surface area contributed by atoms with Crippen LogP contribution in [0.4, 0.5) is 21.5 Å². The molecule has 0 heterocycles. The van der Waals surface area contributed by atoms with Crippen LogP contribution in [0.25, 0.3) is 0 Å². The van der Waals surface area contributed by atoms with Gasteiger partial charge >= 0.3 is 0 Å². The first kappa shape index (κ1) is 11.9. The van der Waals surface area contributed by atoms with Gasteiger partial charge in [-0.15, -0.1) is 0 Å². The molecule has 0 unspecified atom stereocenters. The predicted molar refractivity (Wildman–Crippen MR) is 70.0 cm³/mol. The average Bonchev–Trinajstić information content (AvgIpc) is 2.37. The first-order chi connectivity index (χ1) is 8.61. The molecule has 0 aliphatic heterocycles. The highest BCUT2D eigenvalue weighted by Crippen LogP contribution is 2.25. The number of aryl methyl sites for hydroxylation is 1. The van der Waals surface area contributed by atoms with Crippen molar-refractivity contribution in [2.45, 2.75) is 6.92 Å². The molecule has 0 bridgehead atoms. The number of halogens is 1. The Hall–Kier alpha value is -2.54. The van der Waals surface area contributed by atoms with Gasteiger partial charge in [0.05, 0.1) is 16.9 Å². The van der Waals surface area contributed by atoms with Gasteiger partial charge in [0, 0.05) is 5.69 Å². The van der Waals surface area contributed by atoms with Crippen LogP contribution in [0.2, 0.25) is 0 Å². The number of benzene rings is 2. The molecule has 2 aromatic rings. The molecule has 18 heavy (non-hydrogen) atoms. The lowest BCUT2D eigenvalue weighted by atomic mass is 10.1. The third-order valence-electron chi connectivity index (χ3n) is 2.63. The monoisotopic (exact) mass is 241 g/mol. The molecule has 0 aliphatic rings. The van der Waals surface area contributed by atoms with Crippen LogP contribution in [0.15, 0.2) is 36.4 Å². The summed E-state index contributed by atoms with van der Waals surface area (Å²) in [7, 11) is 0. The van der Waals surface area contributed by atoms with E-state index in [0.29, 0.717) is 28.2 Å². The fourth-order valence-corrected chi connectivity index (χ4v) is 1.65. The Morgan fingerprint density at radius 3 is 2.72 bits per heavy atom. The van der Waals surface area contributed by atoms with Gasteiger partial charge in [-0.05, 0) is 36.8 Å². The summed E-state index contributed by atoms with van der Waals surface area (Å²) in [5.74, 6) is -0.321. The molecule has 0 radical (unpaired) electrons. The van der Waals surface area contributed by atoms with Gasteiger partial charge < -0.3 is 11.1 Å². The van der Waals surface area contributed by atoms with E-state index in [2.05, 4.69) is 5.32 Å². The number of anilines is 3. The van der Waals surface area contributed by atoms with Crippen LogP contribution in [-0.4, -0.2) is 0 Å². The van der Waals surface area contributed by atoms with Crippen LogP contribution in [0.3, 0.4) is 0 Å². The molecule has 3 N–H and O–H groups in total. The first-order valence-electron chi connectivity index (χ1n) is 5.43. The van der Waals surface area contributed by atoms with Gasteiger partial charge in [-0.2, -0.15) is 5.26 Å². The van der Waals surface area contributed by atoms with E-state index in [-0.39, 0.29) is 5.82 Å². The third kappa shape index (κ3) is 2.25. The maximum absolute atomic E-state index is 13.8. The van der Waals surface area contributed by atoms with Crippen LogP contribution in [-0.2, 0) is 0 Å². The van der Waals surface area contributed by atoms with E-state index in [0.717, 1.165) is 0 Å². The smallest absolute Gasteiger partial charge is 0.149 e. The van der Waals surface area contributed by atoms with Gasteiger partial charge in [0.1, 0.15) is 11.9 Å². The lowest BCUT2D eigenvalue weighted by molar-refractivity contribution is 0.622. The predicted octanol–water partition coefficient (Wildman–Crippen LogP) is 3.33. The van der Waals surface area contributed by atoms with Crippen molar-refractivity contribution in [1.82, 2.24) is 0 Å². The minimum absolute atomic E-state index is 0.321. The Labute approximate surface area is 105 Å². The molecule has 0 fully saturated rings. The zero-order valence-electron chi connectivity index (χ0n) is 9.87. The number of nitrogens with zero attached hydrogens (tertiary/aromatic N) is 1. The maximum Gasteiger partial charge on any atom is 0.149 e. The number of nitrogens with two attached hydrogens (primary N) is 1. The van der Waals surface area contributed by atoms with Gasteiger partial charge in [0.2, 0.25) is 0 Å². The number of rotatable bonds is 2. The molecular formula is C14H12FN3. The van der Waals surface area contributed by atoms with E-state index in [1.807, 2.05) is 6.07 Å². The zero-order valence-corrected chi connectivity index (χ0v) is 9.87. The maximum atomic E-state index is 13.8. The minimum atomic E-state index is -0.321. The Kier molecular flexibility index (Phi) is 3.16. The summed E-state index contributed by atoms with van der Waals surface area (Å²) in [6.07, 6.45) is 0. The SMILES string of the molecule is Cc1cccc(Nc2ccc(N)cc2C#N)c1F. The van der Waals surface area contributed by atoms with Gasteiger partial charge in [-0.3, -0.25) is 0 Å². The summed E-state index contributed by atoms with van der Waals surface area (Å²) in [6.45, 7) is 1.69. The van der Waals surface area contributed by atoms with Crippen molar-refractivity contribution in [3.8, 4) is 6.07 Å². The van der Waals surface area contributed by atoms with E-state index in [1.165, 1.54) is 0 Å². The minimum Gasteiger partial charge on any atom is -0.399 e. The topological polar surface area (TPSA) is 61.8 Å². The summed E-state index contributed by atoms with van der Waals surface area (Å²) in [6, 6.07) is 12.0. The van der Waals surface area contributed by atoms with Gasteiger partial charge in [0.25, 0.3) is 0 Å². The van der Waals surface area contributed by atoms with Crippen LogP contribution in [0.1, 0.15) is 11.1 Å². The molecule has 0 amide bonds. The molecule has 0 aliphatic carbocycles. The van der Waals surface area contributed by atoms with Crippen molar-refractivity contribution >= 4 is 17.1 Å². The summed E-state index contributed by atoms with van der Waals surface area (Å²) in [5, 5.41) is 11.9. The van der Waals surface area contributed by atoms with E-state index in [9.17, 15) is 4.39 Å². The molecule has 3 nitrogen and oxygen atoms in total. The molecule has 0 saturated carbocycles. The number of nitrogens with one attached hydrogen (secondary N) is 1. The fraction of sp³-hybridized carbons (Fsp3) is 0.0714. The van der Waals surface area contributed by atoms with Gasteiger partial charge in [-0.1, -0.05) is 12.1 Å². The van der Waals surface area contributed by atoms with Gasteiger partial charge in [0.15, 0.2) is 0 Å². The first-order valence-corrected chi connectivity index (χ1v) is 5.43. The quantitative estimate of drug-likeness (QED) is 0.793. The molecule has 90 valence electrons. The van der Waals surface area contributed by atoms with Crippen molar-refractivity contribution in [3.05, 3.63) is 53.3 Å². The third-order valence-corrected chi connectivity index (χ3v) is 2.63. The lowest BCUT2D eigenvalue weighted by Gasteiger charge is -2.10. The molecular weight excluding hydrogens is 229 g/mol. The number of nitrogen functional groups attached to an aromatic ring is 1. The van der Waals surface area contributed by atoms with Crippen molar-refractivity contribution < 1.29 is 4.39 Å². The number of nitriles is 1. The van der Waals surface area contributed by atoms with E-state index in [4.69, 9.17) is 11.0 Å². The Morgan fingerprint density at radius 2 is 2.00 bits per heavy atom. The average molecular weight is 241 g/mol. The number of hydrogen-bond donors (Lipinski definition) is 2. The fourth-order valence-electron chi connectivity index (χ4n) is 1.65. The number of hydrogen-bond acceptors (Lipinski definition) is 3. The zero-order chi connectivity index (χ0) is 13.1. The summed E-state index contributed by atoms with van der Waals surface area (Å²) in [5.41, 5.74) is 7.92. The molecule has 0 atom stereocenters. The molecule has 2 aromatic carbocycles. The van der Waals surface area contributed by atoms with Crippen LogP contribution < -0.4 is 11.1 Å². The van der Waals surface area contributed by atoms with E-state index < -0.39 is 0 Å². The normalized spacial score (nSPS) is 9.83. The second-order valence-corrected chi connectivity index (χ2v) is 3.98. The van der Waals surface area contributed by atoms with Crippen molar-refractivity contribution in [1.29, 1.82) is 5.26 Å². The molecule has 0 saturated heterocycles.